The summed E-state index contributed by atoms with van der Waals surface area (Å²) in [7, 11) is 0. The standard InChI is InChI=1S/C25H25F2NO4/c1-14-11-18(15(2)28-20-6-4-3-5-17(20)24(30)31)23-19(12-14)21(29)13-22(32-23)16-7-9-25(26,27)10-8-16/h3-6,11-13,15-16,28H,7-10H2,1-2H3,(H,30,31). The number of nitrogens with one attached hydrogen (secondary N) is 1. The molecule has 1 aliphatic carbocycles. The molecule has 1 fully saturated rings. The molecule has 0 saturated heterocycles. The molecule has 1 aromatic heterocycles. The third kappa shape index (κ3) is 4.38. The summed E-state index contributed by atoms with van der Waals surface area (Å²) in [5.74, 6) is -3.50. The molecule has 7 heteroatoms. The van der Waals surface area contributed by atoms with Gasteiger partial charge in [-0.15, -0.1) is 0 Å². The van der Waals surface area contributed by atoms with Crippen molar-refractivity contribution in [3.63, 3.8) is 0 Å². The molecule has 0 spiro atoms. The number of carbonyl (C=O) groups is 1. The van der Waals surface area contributed by atoms with E-state index in [9.17, 15) is 23.5 Å². The first-order chi connectivity index (χ1) is 15.1. The number of rotatable bonds is 5. The number of benzene rings is 2. The van der Waals surface area contributed by atoms with Gasteiger partial charge in [0, 0.05) is 36.1 Å². The molecule has 32 heavy (non-hydrogen) atoms. The van der Waals surface area contributed by atoms with Crippen molar-refractivity contribution < 1.29 is 23.1 Å². The monoisotopic (exact) mass is 441 g/mol. The number of hydrogen-bond donors (Lipinski definition) is 2. The van der Waals surface area contributed by atoms with E-state index in [4.69, 9.17) is 4.42 Å². The maximum atomic E-state index is 13.6. The number of fused-ring (bicyclic) bond motifs is 1. The van der Waals surface area contributed by atoms with Gasteiger partial charge in [0.05, 0.1) is 17.0 Å². The highest BCUT2D eigenvalue weighted by Gasteiger charge is 2.36. The summed E-state index contributed by atoms with van der Waals surface area (Å²) < 4.78 is 33.4. The molecule has 2 N–H and O–H groups in total. The Kier molecular flexibility index (Phi) is 5.75. The van der Waals surface area contributed by atoms with Gasteiger partial charge in [0.25, 0.3) is 0 Å². The Morgan fingerprint density at radius 2 is 1.88 bits per heavy atom. The maximum Gasteiger partial charge on any atom is 0.337 e. The number of alkyl halides is 2. The Balaban J connectivity index is 1.75. The summed E-state index contributed by atoms with van der Waals surface area (Å²) in [6.45, 7) is 3.73. The fraction of sp³-hybridized carbons (Fsp3) is 0.360. The van der Waals surface area contributed by atoms with Crippen LogP contribution in [0.5, 0.6) is 0 Å². The van der Waals surface area contributed by atoms with Crippen LogP contribution in [-0.2, 0) is 0 Å². The second kappa shape index (κ2) is 8.37. The highest BCUT2D eigenvalue weighted by Crippen LogP contribution is 2.41. The van der Waals surface area contributed by atoms with Crippen LogP contribution in [0.1, 0.15) is 71.8 Å². The molecule has 1 heterocycles. The Morgan fingerprint density at radius 3 is 2.56 bits per heavy atom. The van der Waals surface area contributed by atoms with E-state index < -0.39 is 11.9 Å². The Morgan fingerprint density at radius 1 is 1.19 bits per heavy atom. The van der Waals surface area contributed by atoms with E-state index in [1.54, 1.807) is 24.3 Å². The zero-order chi connectivity index (χ0) is 23.0. The molecule has 168 valence electrons. The van der Waals surface area contributed by atoms with Crippen LogP contribution in [0.2, 0.25) is 0 Å². The Bertz CT molecular complexity index is 1220. The van der Waals surface area contributed by atoms with Gasteiger partial charge in [-0.2, -0.15) is 0 Å². The minimum atomic E-state index is -2.66. The fourth-order valence-electron chi connectivity index (χ4n) is 4.41. The lowest BCUT2D eigenvalue weighted by Gasteiger charge is -2.27. The van der Waals surface area contributed by atoms with E-state index in [2.05, 4.69) is 5.32 Å². The van der Waals surface area contributed by atoms with Crippen molar-refractivity contribution in [1.29, 1.82) is 0 Å². The quantitative estimate of drug-likeness (QED) is 0.488. The van der Waals surface area contributed by atoms with Crippen LogP contribution in [0, 0.1) is 6.92 Å². The van der Waals surface area contributed by atoms with E-state index in [0.717, 1.165) is 5.56 Å². The minimum absolute atomic E-state index is 0.140. The van der Waals surface area contributed by atoms with Crippen LogP contribution in [-0.4, -0.2) is 17.0 Å². The van der Waals surface area contributed by atoms with Crippen LogP contribution in [0.4, 0.5) is 14.5 Å². The number of halogens is 2. The topological polar surface area (TPSA) is 79.5 Å². The molecule has 1 saturated carbocycles. The summed E-state index contributed by atoms with van der Waals surface area (Å²) in [6.07, 6.45) is 0.0963. The zero-order valence-corrected chi connectivity index (χ0v) is 18.0. The highest BCUT2D eigenvalue weighted by atomic mass is 19.3. The normalized spacial score (nSPS) is 17.2. The maximum absolute atomic E-state index is 13.6. The molecule has 0 bridgehead atoms. The summed E-state index contributed by atoms with van der Waals surface area (Å²) in [4.78, 5) is 24.5. The third-order valence-electron chi connectivity index (χ3n) is 6.14. The summed E-state index contributed by atoms with van der Waals surface area (Å²) >= 11 is 0. The number of aromatic carboxylic acids is 1. The minimum Gasteiger partial charge on any atom is -0.478 e. The van der Waals surface area contributed by atoms with Gasteiger partial charge >= 0.3 is 5.97 Å². The number of para-hydroxylation sites is 1. The van der Waals surface area contributed by atoms with Crippen molar-refractivity contribution in [2.75, 3.05) is 5.32 Å². The first kappa shape index (κ1) is 22.0. The summed E-state index contributed by atoms with van der Waals surface area (Å²) in [5, 5.41) is 13.1. The first-order valence-corrected chi connectivity index (χ1v) is 10.7. The van der Waals surface area contributed by atoms with Crippen molar-refractivity contribution in [3.8, 4) is 0 Å². The van der Waals surface area contributed by atoms with E-state index in [0.29, 0.717) is 28.0 Å². The highest BCUT2D eigenvalue weighted by molar-refractivity contribution is 5.94. The fourth-order valence-corrected chi connectivity index (χ4v) is 4.41. The second-order valence-corrected chi connectivity index (χ2v) is 8.59. The molecule has 3 aromatic rings. The van der Waals surface area contributed by atoms with Crippen LogP contribution < -0.4 is 10.7 Å². The average molecular weight is 441 g/mol. The number of hydrogen-bond acceptors (Lipinski definition) is 4. The van der Waals surface area contributed by atoms with Gasteiger partial charge in [0.2, 0.25) is 5.92 Å². The van der Waals surface area contributed by atoms with Crippen molar-refractivity contribution >= 4 is 22.6 Å². The number of carboxylic acid groups (broad SMARTS) is 1. The van der Waals surface area contributed by atoms with Crippen LogP contribution in [0.25, 0.3) is 11.0 Å². The molecule has 1 atom stereocenters. The largest absolute Gasteiger partial charge is 0.478 e. The van der Waals surface area contributed by atoms with Crippen LogP contribution >= 0.6 is 0 Å². The zero-order valence-electron chi connectivity index (χ0n) is 18.0. The lowest BCUT2D eigenvalue weighted by Crippen LogP contribution is -2.24. The summed E-state index contributed by atoms with van der Waals surface area (Å²) in [6, 6.07) is 11.3. The Hall–Kier alpha value is -3.22. The lowest BCUT2D eigenvalue weighted by molar-refractivity contribution is -0.0395. The van der Waals surface area contributed by atoms with Crippen LogP contribution in [0.15, 0.2) is 51.7 Å². The smallest absolute Gasteiger partial charge is 0.337 e. The molecule has 1 aliphatic rings. The van der Waals surface area contributed by atoms with Crippen molar-refractivity contribution in [2.24, 2.45) is 0 Å². The predicted octanol–water partition coefficient (Wildman–Crippen LogP) is 6.27. The van der Waals surface area contributed by atoms with Crippen molar-refractivity contribution in [3.05, 3.63) is 75.1 Å². The van der Waals surface area contributed by atoms with Gasteiger partial charge in [-0.25, -0.2) is 13.6 Å². The molecule has 2 aromatic carbocycles. The van der Waals surface area contributed by atoms with E-state index in [1.165, 1.54) is 12.1 Å². The Labute approximate surface area is 184 Å². The van der Waals surface area contributed by atoms with Gasteiger partial charge in [-0.1, -0.05) is 18.2 Å². The van der Waals surface area contributed by atoms with E-state index in [1.807, 2.05) is 19.9 Å². The van der Waals surface area contributed by atoms with Crippen molar-refractivity contribution in [2.45, 2.75) is 57.4 Å². The SMILES string of the molecule is Cc1cc(C(C)Nc2ccccc2C(=O)O)c2oc(C3CCC(F)(F)CC3)cc(=O)c2c1. The lowest BCUT2D eigenvalue weighted by atomic mass is 9.85. The number of aryl methyl sites for hydroxylation is 1. The average Bonchev–Trinajstić information content (AvgIpc) is 2.74. The number of carboxylic acids is 1. The molecule has 0 aliphatic heterocycles. The number of anilines is 1. The van der Waals surface area contributed by atoms with Crippen LogP contribution in [0.3, 0.4) is 0 Å². The van der Waals surface area contributed by atoms with Gasteiger partial charge in [0.1, 0.15) is 11.3 Å². The molecule has 4 rings (SSSR count). The van der Waals surface area contributed by atoms with Gasteiger partial charge in [-0.3, -0.25) is 4.79 Å². The van der Waals surface area contributed by atoms with Gasteiger partial charge in [0.15, 0.2) is 5.43 Å². The third-order valence-corrected chi connectivity index (χ3v) is 6.14. The molecular weight excluding hydrogens is 416 g/mol. The first-order valence-electron chi connectivity index (χ1n) is 10.7. The van der Waals surface area contributed by atoms with Gasteiger partial charge in [-0.05, 0) is 50.5 Å². The molecule has 1 unspecified atom stereocenters. The second-order valence-electron chi connectivity index (χ2n) is 8.59. The molecule has 0 amide bonds. The molecule has 5 nitrogen and oxygen atoms in total. The van der Waals surface area contributed by atoms with Gasteiger partial charge < -0.3 is 14.8 Å². The van der Waals surface area contributed by atoms with E-state index in [-0.39, 0.29) is 48.6 Å². The summed E-state index contributed by atoms with van der Waals surface area (Å²) in [5.41, 5.74) is 2.37. The molecule has 0 radical (unpaired) electrons. The van der Waals surface area contributed by atoms with Crippen molar-refractivity contribution in [1.82, 2.24) is 0 Å². The van der Waals surface area contributed by atoms with E-state index >= 15 is 0 Å². The predicted molar refractivity (Wildman–Crippen MR) is 119 cm³/mol. The molecular formula is C25H25F2NO4.